The van der Waals surface area contributed by atoms with Gasteiger partial charge in [0.1, 0.15) is 0 Å². The zero-order valence-electron chi connectivity index (χ0n) is 11.5. The molecule has 0 aliphatic rings. The fourth-order valence-corrected chi connectivity index (χ4v) is 2.57. The zero-order chi connectivity index (χ0) is 14.5. The van der Waals surface area contributed by atoms with Gasteiger partial charge in [-0.15, -0.1) is 0 Å². The highest BCUT2D eigenvalue weighted by molar-refractivity contribution is 7.99. The number of thioether (sulfide) groups is 1. The van der Waals surface area contributed by atoms with Crippen molar-refractivity contribution in [2.45, 2.75) is 24.9 Å². The second kappa shape index (κ2) is 6.56. The van der Waals surface area contributed by atoms with Crippen molar-refractivity contribution in [1.82, 2.24) is 14.8 Å². The Morgan fingerprint density at radius 3 is 2.80 bits per heavy atom. The van der Waals surface area contributed by atoms with Gasteiger partial charge in [-0.1, -0.05) is 36.0 Å². The van der Waals surface area contributed by atoms with E-state index in [0.717, 1.165) is 18.7 Å². The van der Waals surface area contributed by atoms with Gasteiger partial charge in [0.15, 0.2) is 11.0 Å². The number of carboxylic acid groups (broad SMARTS) is 1. The monoisotopic (exact) mass is 291 g/mol. The number of nitrogens with zero attached hydrogens (tertiary/aromatic N) is 3. The number of rotatable bonds is 6. The van der Waals surface area contributed by atoms with E-state index in [9.17, 15) is 4.79 Å². The van der Waals surface area contributed by atoms with Gasteiger partial charge in [-0.05, 0) is 24.5 Å². The molecule has 0 amide bonds. The molecule has 0 spiro atoms. The summed E-state index contributed by atoms with van der Waals surface area (Å²) >= 11 is 1.19. The topological polar surface area (TPSA) is 68.0 Å². The van der Waals surface area contributed by atoms with Crippen molar-refractivity contribution >= 4 is 17.7 Å². The Balaban J connectivity index is 1.98. The lowest BCUT2D eigenvalue weighted by atomic mass is 10.0. The molecule has 0 saturated heterocycles. The fraction of sp³-hybridized carbons (Fsp3) is 0.357. The molecule has 2 aromatic rings. The van der Waals surface area contributed by atoms with Crippen LogP contribution in [0, 0.1) is 6.92 Å². The van der Waals surface area contributed by atoms with Crippen molar-refractivity contribution in [2.24, 2.45) is 7.05 Å². The van der Waals surface area contributed by atoms with E-state index in [1.54, 1.807) is 11.7 Å². The molecule has 20 heavy (non-hydrogen) atoms. The third kappa shape index (κ3) is 3.84. The minimum absolute atomic E-state index is 0.00374. The van der Waals surface area contributed by atoms with Crippen LogP contribution in [0.2, 0.25) is 0 Å². The van der Waals surface area contributed by atoms with E-state index in [1.807, 2.05) is 12.1 Å². The van der Waals surface area contributed by atoms with Gasteiger partial charge in [0.05, 0.1) is 5.75 Å². The first-order valence-corrected chi connectivity index (χ1v) is 7.34. The van der Waals surface area contributed by atoms with Crippen LogP contribution in [-0.2, 0) is 24.7 Å². The van der Waals surface area contributed by atoms with Crippen LogP contribution in [0.5, 0.6) is 0 Å². The molecule has 5 nitrogen and oxygen atoms in total. The Labute approximate surface area is 122 Å². The third-order valence-corrected chi connectivity index (χ3v) is 3.98. The van der Waals surface area contributed by atoms with Gasteiger partial charge in [0.25, 0.3) is 0 Å². The van der Waals surface area contributed by atoms with Crippen LogP contribution >= 0.6 is 11.8 Å². The number of hydrogen-bond acceptors (Lipinski definition) is 4. The number of carboxylic acids is 1. The molecule has 1 heterocycles. The second-order valence-corrected chi connectivity index (χ2v) is 5.49. The quantitative estimate of drug-likeness (QED) is 0.825. The van der Waals surface area contributed by atoms with Gasteiger partial charge in [-0.3, -0.25) is 4.79 Å². The van der Waals surface area contributed by atoms with E-state index >= 15 is 0 Å². The molecule has 1 aromatic carbocycles. The number of aliphatic carboxylic acids is 1. The summed E-state index contributed by atoms with van der Waals surface area (Å²) < 4.78 is 1.64. The lowest BCUT2D eigenvalue weighted by Gasteiger charge is -2.02. The molecule has 0 fully saturated rings. The molecule has 0 atom stereocenters. The highest BCUT2D eigenvalue weighted by Crippen LogP contribution is 2.16. The molecule has 0 unspecified atom stereocenters. The van der Waals surface area contributed by atoms with Crippen molar-refractivity contribution in [3.05, 3.63) is 41.2 Å². The van der Waals surface area contributed by atoms with Crippen molar-refractivity contribution < 1.29 is 9.90 Å². The molecule has 106 valence electrons. The fourth-order valence-electron chi connectivity index (χ4n) is 1.92. The number of aryl methyl sites for hydroxylation is 4. The molecular formula is C14H17N3O2S. The maximum Gasteiger partial charge on any atom is 0.313 e. The summed E-state index contributed by atoms with van der Waals surface area (Å²) in [5.74, 6) is -0.0906. The van der Waals surface area contributed by atoms with Crippen LogP contribution < -0.4 is 0 Å². The zero-order valence-corrected chi connectivity index (χ0v) is 12.4. The lowest BCUT2D eigenvalue weighted by molar-refractivity contribution is -0.133. The first-order chi connectivity index (χ1) is 9.56. The van der Waals surface area contributed by atoms with Crippen molar-refractivity contribution in [3.63, 3.8) is 0 Å². The van der Waals surface area contributed by atoms with Gasteiger partial charge in [-0.25, -0.2) is 9.67 Å². The van der Waals surface area contributed by atoms with Crippen molar-refractivity contribution in [3.8, 4) is 0 Å². The van der Waals surface area contributed by atoms with Gasteiger partial charge in [0, 0.05) is 13.5 Å². The van der Waals surface area contributed by atoms with Gasteiger partial charge < -0.3 is 5.11 Å². The number of carbonyl (C=O) groups is 1. The number of benzene rings is 1. The normalized spacial score (nSPS) is 10.7. The van der Waals surface area contributed by atoms with E-state index in [4.69, 9.17) is 5.11 Å². The summed E-state index contributed by atoms with van der Waals surface area (Å²) in [5, 5.41) is 13.6. The van der Waals surface area contributed by atoms with Crippen LogP contribution in [0.1, 0.15) is 17.0 Å². The summed E-state index contributed by atoms with van der Waals surface area (Å²) in [6, 6.07) is 8.26. The minimum Gasteiger partial charge on any atom is -0.481 e. The average molecular weight is 291 g/mol. The van der Waals surface area contributed by atoms with E-state index < -0.39 is 5.97 Å². The van der Waals surface area contributed by atoms with Crippen LogP contribution in [0.15, 0.2) is 29.4 Å². The van der Waals surface area contributed by atoms with E-state index in [-0.39, 0.29) is 5.75 Å². The molecule has 0 saturated carbocycles. The van der Waals surface area contributed by atoms with Crippen LogP contribution in [0.25, 0.3) is 0 Å². The Morgan fingerprint density at radius 1 is 1.35 bits per heavy atom. The molecule has 0 aliphatic carbocycles. The molecule has 0 aliphatic heterocycles. The smallest absolute Gasteiger partial charge is 0.313 e. The highest BCUT2D eigenvalue weighted by Gasteiger charge is 2.10. The first kappa shape index (κ1) is 14.6. The molecule has 0 radical (unpaired) electrons. The molecule has 1 N–H and O–H groups in total. The van der Waals surface area contributed by atoms with Gasteiger partial charge >= 0.3 is 5.97 Å². The second-order valence-electron chi connectivity index (χ2n) is 4.54. The van der Waals surface area contributed by atoms with E-state index in [2.05, 4.69) is 29.1 Å². The standard InChI is InChI=1S/C14H17N3O2S/c1-10-5-3-4-6-11(10)7-8-12-15-14(17(2)16-12)20-9-13(18)19/h3-6H,7-9H2,1-2H3,(H,18,19). The van der Waals surface area contributed by atoms with Crippen molar-refractivity contribution in [2.75, 3.05) is 5.75 Å². The van der Waals surface area contributed by atoms with E-state index in [0.29, 0.717) is 5.16 Å². The van der Waals surface area contributed by atoms with Gasteiger partial charge in [-0.2, -0.15) is 5.10 Å². The Kier molecular flexibility index (Phi) is 4.79. The van der Waals surface area contributed by atoms with E-state index in [1.165, 1.54) is 22.9 Å². The summed E-state index contributed by atoms with van der Waals surface area (Å²) in [6.45, 7) is 2.09. The maximum absolute atomic E-state index is 10.6. The molecule has 2 rings (SSSR count). The Morgan fingerprint density at radius 2 is 2.10 bits per heavy atom. The largest absolute Gasteiger partial charge is 0.481 e. The summed E-state index contributed by atoms with van der Waals surface area (Å²) in [6.07, 6.45) is 1.64. The minimum atomic E-state index is -0.848. The first-order valence-electron chi connectivity index (χ1n) is 6.35. The summed E-state index contributed by atoms with van der Waals surface area (Å²) in [5.41, 5.74) is 2.56. The summed E-state index contributed by atoms with van der Waals surface area (Å²) in [4.78, 5) is 14.9. The average Bonchev–Trinajstić information content (AvgIpc) is 2.76. The Bertz CT molecular complexity index is 610. The molecule has 0 bridgehead atoms. The molecule has 6 heteroatoms. The number of aromatic nitrogens is 3. The maximum atomic E-state index is 10.6. The van der Waals surface area contributed by atoms with Crippen LogP contribution in [-0.4, -0.2) is 31.6 Å². The SMILES string of the molecule is Cc1ccccc1CCc1nc(SCC(=O)O)n(C)n1. The molecular weight excluding hydrogens is 274 g/mol. The van der Waals surface area contributed by atoms with Crippen LogP contribution in [0.4, 0.5) is 0 Å². The number of hydrogen-bond donors (Lipinski definition) is 1. The predicted octanol–water partition coefficient (Wildman–Crippen LogP) is 2.09. The summed E-state index contributed by atoms with van der Waals surface area (Å²) in [7, 11) is 1.79. The highest BCUT2D eigenvalue weighted by atomic mass is 32.2. The van der Waals surface area contributed by atoms with Crippen LogP contribution in [0.3, 0.4) is 0 Å². The van der Waals surface area contributed by atoms with Crippen molar-refractivity contribution in [1.29, 1.82) is 0 Å². The van der Waals surface area contributed by atoms with Gasteiger partial charge in [0.2, 0.25) is 0 Å². The predicted molar refractivity (Wildman–Crippen MR) is 77.9 cm³/mol. The third-order valence-electron chi connectivity index (χ3n) is 2.97. The Hall–Kier alpha value is -1.82. The lowest BCUT2D eigenvalue weighted by Crippen LogP contribution is -2.00. The molecule has 1 aromatic heterocycles.